The molecule has 2 aliphatic heterocycles. The minimum absolute atomic E-state index is 0.161. The van der Waals surface area contributed by atoms with Crippen LogP contribution in [-0.2, 0) is 0 Å². The van der Waals surface area contributed by atoms with Crippen LogP contribution in [0.4, 0.5) is 28.4 Å². The number of fused-ring (bicyclic) bond motifs is 1. The Hall–Kier alpha value is -4.55. The molecule has 0 spiro atoms. The molecule has 4 heterocycles. The van der Waals surface area contributed by atoms with Crippen LogP contribution < -0.4 is 10.6 Å². The van der Waals surface area contributed by atoms with Gasteiger partial charge in [-0.15, -0.1) is 0 Å². The van der Waals surface area contributed by atoms with Crippen molar-refractivity contribution in [3.05, 3.63) is 61.2 Å². The number of alkyl halides is 3. The first kappa shape index (κ1) is 27.6. The maximum absolute atomic E-state index is 12.7. The van der Waals surface area contributed by atoms with Crippen molar-refractivity contribution >= 4 is 28.8 Å². The molecule has 220 valence electrons. The van der Waals surface area contributed by atoms with Crippen LogP contribution in [0.3, 0.4) is 0 Å². The monoisotopic (exact) mass is 580 g/mol. The van der Waals surface area contributed by atoms with Crippen LogP contribution in [0.25, 0.3) is 27.8 Å². The highest BCUT2D eigenvalue weighted by molar-refractivity contribution is 5.90. The Balaban J connectivity index is 1.12. The standard InChI is InChI=1S/C29H31F3N8O2/c30-29(31,32)18-33-27(41)36-22-4-3-5-24(15-22)39-19-34-25-14-20(6-7-26(25)39)21-16-35-40(17-21)23-8-12-38(13-9-23)28(42)37-10-1-2-11-37/h3-7,14-17,19,23H,1-2,8-13,18H2,(H2,33,36,41). The number of halogens is 3. The molecule has 2 aliphatic rings. The summed E-state index contributed by atoms with van der Waals surface area (Å²) >= 11 is 0. The Labute approximate surface area is 240 Å². The van der Waals surface area contributed by atoms with Gasteiger partial charge in [0.1, 0.15) is 12.9 Å². The number of benzene rings is 2. The van der Waals surface area contributed by atoms with Crippen LogP contribution in [0.1, 0.15) is 31.7 Å². The summed E-state index contributed by atoms with van der Waals surface area (Å²) in [5, 5.41) is 8.86. The van der Waals surface area contributed by atoms with Gasteiger partial charge in [-0.1, -0.05) is 12.1 Å². The van der Waals surface area contributed by atoms with Gasteiger partial charge in [0.2, 0.25) is 0 Å². The maximum Gasteiger partial charge on any atom is 0.405 e. The maximum atomic E-state index is 12.7. The Morgan fingerprint density at radius 1 is 0.952 bits per heavy atom. The van der Waals surface area contributed by atoms with Gasteiger partial charge in [-0.05, 0) is 61.6 Å². The molecule has 2 N–H and O–H groups in total. The Bertz CT molecular complexity index is 1580. The van der Waals surface area contributed by atoms with Crippen molar-refractivity contribution in [2.24, 2.45) is 0 Å². The van der Waals surface area contributed by atoms with Gasteiger partial charge in [0.15, 0.2) is 0 Å². The molecule has 0 saturated carbocycles. The van der Waals surface area contributed by atoms with Crippen molar-refractivity contribution < 1.29 is 22.8 Å². The lowest BCUT2D eigenvalue weighted by Gasteiger charge is -2.34. The summed E-state index contributed by atoms with van der Waals surface area (Å²) in [6.07, 6.45) is 4.97. The third-order valence-electron chi connectivity index (χ3n) is 7.80. The number of carbonyl (C=O) groups excluding carboxylic acids is 2. The zero-order chi connectivity index (χ0) is 29.3. The van der Waals surface area contributed by atoms with E-state index < -0.39 is 18.8 Å². The zero-order valence-corrected chi connectivity index (χ0v) is 22.8. The normalized spacial score (nSPS) is 16.3. The Morgan fingerprint density at radius 2 is 1.71 bits per heavy atom. The number of hydrogen-bond acceptors (Lipinski definition) is 4. The minimum atomic E-state index is -4.49. The van der Waals surface area contributed by atoms with Crippen LogP contribution in [0, 0.1) is 0 Å². The van der Waals surface area contributed by atoms with Gasteiger partial charge in [0, 0.05) is 49.3 Å². The molecule has 0 radical (unpaired) electrons. The number of nitrogens with one attached hydrogen (secondary N) is 2. The average Bonchev–Trinajstić information content (AvgIpc) is 3.76. The fraction of sp³-hybridized carbons (Fsp3) is 0.379. The molecule has 42 heavy (non-hydrogen) atoms. The van der Waals surface area contributed by atoms with E-state index in [4.69, 9.17) is 0 Å². The van der Waals surface area contributed by atoms with E-state index in [0.29, 0.717) is 11.4 Å². The molecule has 2 aromatic heterocycles. The molecule has 4 aromatic rings. The molecular weight excluding hydrogens is 549 g/mol. The second-order valence-electron chi connectivity index (χ2n) is 10.7. The largest absolute Gasteiger partial charge is 0.405 e. The third-order valence-corrected chi connectivity index (χ3v) is 7.80. The number of urea groups is 2. The van der Waals surface area contributed by atoms with Crippen molar-refractivity contribution in [2.45, 2.75) is 37.9 Å². The van der Waals surface area contributed by atoms with Gasteiger partial charge in [-0.25, -0.2) is 14.6 Å². The average molecular weight is 581 g/mol. The third kappa shape index (κ3) is 6.04. The summed E-state index contributed by atoms with van der Waals surface area (Å²) < 4.78 is 41.0. The van der Waals surface area contributed by atoms with Crippen molar-refractivity contribution in [1.82, 2.24) is 34.4 Å². The van der Waals surface area contributed by atoms with Crippen molar-refractivity contribution in [1.29, 1.82) is 0 Å². The van der Waals surface area contributed by atoms with E-state index in [-0.39, 0.29) is 12.1 Å². The first-order valence-electron chi connectivity index (χ1n) is 14.0. The summed E-state index contributed by atoms with van der Waals surface area (Å²) in [7, 11) is 0. The summed E-state index contributed by atoms with van der Waals surface area (Å²) in [4.78, 5) is 33.1. The molecule has 0 atom stereocenters. The lowest BCUT2D eigenvalue weighted by Crippen LogP contribution is -2.45. The predicted octanol–water partition coefficient (Wildman–Crippen LogP) is 5.43. The van der Waals surface area contributed by atoms with Gasteiger partial charge in [0.25, 0.3) is 0 Å². The number of piperidine rings is 1. The van der Waals surface area contributed by atoms with Crippen LogP contribution in [0.2, 0.25) is 0 Å². The lowest BCUT2D eigenvalue weighted by atomic mass is 10.1. The molecule has 6 rings (SSSR count). The zero-order valence-electron chi connectivity index (χ0n) is 22.8. The van der Waals surface area contributed by atoms with Crippen LogP contribution in [0.15, 0.2) is 61.2 Å². The van der Waals surface area contributed by atoms with Crippen molar-refractivity contribution in [3.63, 3.8) is 0 Å². The van der Waals surface area contributed by atoms with E-state index in [1.54, 1.807) is 29.8 Å². The van der Waals surface area contributed by atoms with Crippen molar-refractivity contribution in [2.75, 3.05) is 38.0 Å². The lowest BCUT2D eigenvalue weighted by molar-refractivity contribution is -0.122. The topological polar surface area (TPSA) is 100 Å². The van der Waals surface area contributed by atoms with E-state index in [2.05, 4.69) is 15.4 Å². The number of carbonyl (C=O) groups is 2. The van der Waals surface area contributed by atoms with Gasteiger partial charge in [0.05, 0.1) is 23.3 Å². The number of anilines is 1. The highest BCUT2D eigenvalue weighted by Gasteiger charge is 2.29. The van der Waals surface area contributed by atoms with Gasteiger partial charge < -0.3 is 20.4 Å². The van der Waals surface area contributed by atoms with Crippen LogP contribution in [-0.4, -0.2) is 80.1 Å². The molecule has 0 aliphatic carbocycles. The van der Waals surface area contributed by atoms with E-state index >= 15 is 0 Å². The highest BCUT2D eigenvalue weighted by atomic mass is 19.4. The number of hydrogen-bond donors (Lipinski definition) is 2. The van der Waals surface area contributed by atoms with Gasteiger partial charge in [-0.2, -0.15) is 18.3 Å². The number of aromatic nitrogens is 4. The first-order valence-corrected chi connectivity index (χ1v) is 14.0. The number of imidazole rings is 1. The Morgan fingerprint density at radius 3 is 2.48 bits per heavy atom. The SMILES string of the molecule is O=C(NCC(F)(F)F)Nc1cccc(-n2cnc3cc(-c4cnn(C5CCN(C(=O)N6CCCC6)CC5)c4)ccc32)c1. The van der Waals surface area contributed by atoms with Crippen molar-refractivity contribution in [3.8, 4) is 16.8 Å². The smallest absolute Gasteiger partial charge is 0.329 e. The second kappa shape index (κ2) is 11.4. The quantitative estimate of drug-likeness (QED) is 0.329. The molecule has 10 nitrogen and oxygen atoms in total. The van der Waals surface area contributed by atoms with Gasteiger partial charge >= 0.3 is 18.2 Å². The molecule has 0 bridgehead atoms. The second-order valence-corrected chi connectivity index (χ2v) is 10.7. The van der Waals surface area contributed by atoms with E-state index in [1.807, 2.05) is 55.7 Å². The molecule has 0 unspecified atom stereocenters. The number of nitrogens with zero attached hydrogens (tertiary/aromatic N) is 6. The summed E-state index contributed by atoms with van der Waals surface area (Å²) in [5.41, 5.74) is 4.58. The van der Waals surface area contributed by atoms with Gasteiger partial charge in [-0.3, -0.25) is 9.25 Å². The van der Waals surface area contributed by atoms with Crippen LogP contribution >= 0.6 is 0 Å². The van der Waals surface area contributed by atoms with E-state index in [9.17, 15) is 22.8 Å². The molecule has 13 heteroatoms. The Kier molecular flexibility index (Phi) is 7.48. The fourth-order valence-corrected chi connectivity index (χ4v) is 5.60. The fourth-order valence-electron chi connectivity index (χ4n) is 5.60. The number of amides is 4. The number of rotatable bonds is 5. The van der Waals surface area contributed by atoms with E-state index in [0.717, 1.165) is 74.0 Å². The summed E-state index contributed by atoms with van der Waals surface area (Å²) in [5.74, 6) is 0. The highest BCUT2D eigenvalue weighted by Crippen LogP contribution is 2.29. The van der Waals surface area contributed by atoms with E-state index in [1.165, 1.54) is 0 Å². The first-order chi connectivity index (χ1) is 20.2. The molecule has 4 amide bonds. The van der Waals surface area contributed by atoms with Crippen LogP contribution in [0.5, 0.6) is 0 Å². The molecule has 2 saturated heterocycles. The molecule has 2 aromatic carbocycles. The molecule has 2 fully saturated rings. The minimum Gasteiger partial charge on any atom is -0.329 e. The predicted molar refractivity (Wildman–Crippen MR) is 151 cm³/mol. The summed E-state index contributed by atoms with van der Waals surface area (Å²) in [6, 6.07) is 12.2. The summed E-state index contributed by atoms with van der Waals surface area (Å²) in [6.45, 7) is 1.77. The number of likely N-dealkylation sites (tertiary alicyclic amines) is 2. The molecular formula is C29H31F3N8O2.